The minimum absolute atomic E-state index is 0. The van der Waals surface area contributed by atoms with E-state index >= 15 is 0 Å². The van der Waals surface area contributed by atoms with Gasteiger partial charge in [-0.05, 0) is 55.5 Å². The van der Waals surface area contributed by atoms with Crippen molar-refractivity contribution >= 4 is 35.6 Å². The van der Waals surface area contributed by atoms with E-state index in [9.17, 15) is 0 Å². The lowest BCUT2D eigenvalue weighted by Crippen LogP contribution is -2.22. The first-order valence-corrected chi connectivity index (χ1v) is 7.18. The number of halogens is 1. The molecule has 3 N–H and O–H groups in total. The smallest absolute Gasteiger partial charge is 0.193 e. The van der Waals surface area contributed by atoms with Crippen LogP contribution in [0, 0.1) is 6.92 Å². The molecule has 0 bridgehead atoms. The molecular weight excluding hydrogens is 389 g/mol. The Balaban J connectivity index is 0.00000176. The lowest BCUT2D eigenvalue weighted by Gasteiger charge is -2.08. The number of nitrogens with one attached hydrogen (secondary N) is 1. The fraction of sp³-hybridized carbons (Fsp3) is 0.312. The Hall–Kier alpha value is -1.70. The Morgan fingerprint density at radius 2 is 2.09 bits per heavy atom. The first kappa shape index (κ1) is 16.7. The zero-order chi connectivity index (χ0) is 14.7. The van der Waals surface area contributed by atoms with Crippen LogP contribution in [0.3, 0.4) is 0 Å². The summed E-state index contributed by atoms with van der Waals surface area (Å²) in [5, 5.41) is 3.14. The second-order valence-corrected chi connectivity index (χ2v) is 5.26. The van der Waals surface area contributed by atoms with Crippen LogP contribution in [-0.4, -0.2) is 15.9 Å². The molecule has 0 saturated heterocycles. The van der Waals surface area contributed by atoms with Gasteiger partial charge >= 0.3 is 0 Å². The van der Waals surface area contributed by atoms with Gasteiger partial charge in [-0.2, -0.15) is 0 Å². The van der Waals surface area contributed by atoms with E-state index < -0.39 is 0 Å². The second-order valence-electron chi connectivity index (χ2n) is 5.26. The average molecular weight is 409 g/mol. The number of anilines is 1. The molecule has 0 aliphatic heterocycles. The lowest BCUT2D eigenvalue weighted by atomic mass is 10.1. The number of benzene rings is 1. The molecule has 1 aliphatic carbocycles. The van der Waals surface area contributed by atoms with Crippen molar-refractivity contribution in [1.29, 1.82) is 0 Å². The summed E-state index contributed by atoms with van der Waals surface area (Å²) >= 11 is 0. The summed E-state index contributed by atoms with van der Waals surface area (Å²) in [6, 6.07) is 8.24. The maximum Gasteiger partial charge on any atom is 0.193 e. The summed E-state index contributed by atoms with van der Waals surface area (Å²) in [6.45, 7) is 2.31. The number of hydrogen-bond donors (Lipinski definition) is 2. The zero-order valence-corrected chi connectivity index (χ0v) is 14.9. The summed E-state index contributed by atoms with van der Waals surface area (Å²) in [4.78, 5) is 12.7. The highest BCUT2D eigenvalue weighted by Crippen LogP contribution is 2.24. The van der Waals surface area contributed by atoms with Gasteiger partial charge in [-0.3, -0.25) is 0 Å². The van der Waals surface area contributed by atoms with Crippen LogP contribution in [-0.2, 0) is 19.4 Å². The Bertz CT molecular complexity index is 684. The monoisotopic (exact) mass is 409 g/mol. The molecule has 3 rings (SSSR count). The van der Waals surface area contributed by atoms with Crippen molar-refractivity contribution in [3.05, 3.63) is 53.1 Å². The third kappa shape index (κ3) is 4.16. The van der Waals surface area contributed by atoms with Crippen molar-refractivity contribution in [3.8, 4) is 0 Å². The van der Waals surface area contributed by atoms with Gasteiger partial charge in [0.1, 0.15) is 5.82 Å². The zero-order valence-electron chi connectivity index (χ0n) is 12.5. The van der Waals surface area contributed by atoms with E-state index in [-0.39, 0.29) is 24.0 Å². The van der Waals surface area contributed by atoms with Gasteiger partial charge in [-0.15, -0.1) is 24.0 Å². The number of rotatable bonds is 3. The Morgan fingerprint density at radius 1 is 1.27 bits per heavy atom. The van der Waals surface area contributed by atoms with Crippen molar-refractivity contribution in [1.82, 2.24) is 9.97 Å². The van der Waals surface area contributed by atoms with Crippen LogP contribution in [0.15, 0.2) is 35.5 Å². The van der Waals surface area contributed by atoms with Gasteiger partial charge in [0.05, 0.1) is 12.2 Å². The molecule has 0 fully saturated rings. The Morgan fingerprint density at radius 3 is 2.91 bits per heavy atom. The molecule has 5 nitrogen and oxygen atoms in total. The predicted octanol–water partition coefficient (Wildman–Crippen LogP) is 2.82. The van der Waals surface area contributed by atoms with Crippen molar-refractivity contribution in [3.63, 3.8) is 0 Å². The van der Waals surface area contributed by atoms with Gasteiger partial charge in [0.25, 0.3) is 0 Å². The van der Waals surface area contributed by atoms with Gasteiger partial charge in [-0.1, -0.05) is 6.07 Å². The number of nitrogens with zero attached hydrogens (tertiary/aromatic N) is 3. The predicted molar refractivity (Wildman–Crippen MR) is 99.6 cm³/mol. The molecule has 0 atom stereocenters. The molecule has 0 unspecified atom stereocenters. The normalized spacial score (nSPS) is 13.4. The largest absolute Gasteiger partial charge is 0.370 e. The van der Waals surface area contributed by atoms with E-state index in [1.165, 1.54) is 24.0 Å². The molecule has 6 heteroatoms. The maximum absolute atomic E-state index is 5.93. The third-order valence-electron chi connectivity index (χ3n) is 3.62. The van der Waals surface area contributed by atoms with E-state index in [0.29, 0.717) is 12.5 Å². The van der Waals surface area contributed by atoms with E-state index in [2.05, 4.69) is 38.5 Å². The lowest BCUT2D eigenvalue weighted by molar-refractivity contribution is 0.912. The van der Waals surface area contributed by atoms with Gasteiger partial charge in [0.2, 0.25) is 0 Å². The summed E-state index contributed by atoms with van der Waals surface area (Å²) in [5.74, 6) is 1.15. The summed E-state index contributed by atoms with van der Waals surface area (Å²) in [5.41, 5.74) is 10.7. The van der Waals surface area contributed by atoms with Crippen molar-refractivity contribution < 1.29 is 0 Å². The van der Waals surface area contributed by atoms with Crippen LogP contribution in [0.2, 0.25) is 0 Å². The molecule has 1 aromatic carbocycles. The second kappa shape index (κ2) is 7.53. The molecule has 116 valence electrons. The Kier molecular flexibility index (Phi) is 5.70. The molecule has 2 aromatic rings. The van der Waals surface area contributed by atoms with Crippen LogP contribution < -0.4 is 11.1 Å². The van der Waals surface area contributed by atoms with Crippen molar-refractivity contribution in [2.45, 2.75) is 32.7 Å². The molecule has 0 amide bonds. The molecule has 0 radical (unpaired) electrons. The topological polar surface area (TPSA) is 76.2 Å². The number of hydrogen-bond acceptors (Lipinski definition) is 3. The molecule has 22 heavy (non-hydrogen) atoms. The van der Waals surface area contributed by atoms with Gasteiger partial charge in [0.15, 0.2) is 5.96 Å². The number of aliphatic imine (C=N–C) groups is 1. The molecule has 0 spiro atoms. The van der Waals surface area contributed by atoms with Crippen LogP contribution in [0.4, 0.5) is 5.69 Å². The van der Waals surface area contributed by atoms with Crippen molar-refractivity contribution in [2.24, 2.45) is 10.7 Å². The molecule has 0 saturated carbocycles. The third-order valence-corrected chi connectivity index (χ3v) is 3.62. The van der Waals surface area contributed by atoms with Crippen LogP contribution in [0.5, 0.6) is 0 Å². The van der Waals surface area contributed by atoms with E-state index in [1.54, 1.807) is 6.20 Å². The van der Waals surface area contributed by atoms with Crippen LogP contribution in [0.1, 0.15) is 29.1 Å². The molecular formula is C16H20IN5. The van der Waals surface area contributed by atoms with E-state index in [0.717, 1.165) is 23.6 Å². The number of fused-ring (bicyclic) bond motifs is 1. The quantitative estimate of drug-likeness (QED) is 0.465. The van der Waals surface area contributed by atoms with Crippen molar-refractivity contribution in [2.75, 3.05) is 5.32 Å². The fourth-order valence-electron chi connectivity index (χ4n) is 2.60. The molecule has 1 aliphatic rings. The number of nitrogens with two attached hydrogens (primary N) is 1. The van der Waals surface area contributed by atoms with Crippen LogP contribution >= 0.6 is 24.0 Å². The summed E-state index contributed by atoms with van der Waals surface area (Å²) in [6.07, 6.45) is 5.32. The average Bonchev–Trinajstić information content (AvgIpc) is 2.93. The van der Waals surface area contributed by atoms with E-state index in [1.807, 2.05) is 13.0 Å². The minimum Gasteiger partial charge on any atom is -0.370 e. The molecule has 1 aromatic heterocycles. The van der Waals surface area contributed by atoms with Gasteiger partial charge in [0, 0.05) is 11.9 Å². The standard InChI is InChI=1S/C16H19N5.HI/c1-11-18-8-7-15(20-11)10-19-16(17)21-14-6-5-12-3-2-4-13(12)9-14;/h5-9H,2-4,10H2,1H3,(H3,17,19,21);1H. The number of aromatic nitrogens is 2. The Labute approximate surface area is 147 Å². The molecule has 1 heterocycles. The maximum atomic E-state index is 5.93. The first-order valence-electron chi connectivity index (χ1n) is 7.18. The highest BCUT2D eigenvalue weighted by atomic mass is 127. The SMILES string of the molecule is Cc1nccc(CN=C(N)Nc2ccc3c(c2)CCC3)n1.I. The fourth-order valence-corrected chi connectivity index (χ4v) is 2.60. The minimum atomic E-state index is 0. The highest BCUT2D eigenvalue weighted by molar-refractivity contribution is 14.0. The van der Waals surface area contributed by atoms with Crippen LogP contribution in [0.25, 0.3) is 0 Å². The van der Waals surface area contributed by atoms with Gasteiger partial charge < -0.3 is 11.1 Å². The van der Waals surface area contributed by atoms with Gasteiger partial charge in [-0.25, -0.2) is 15.0 Å². The summed E-state index contributed by atoms with van der Waals surface area (Å²) < 4.78 is 0. The van der Waals surface area contributed by atoms with E-state index in [4.69, 9.17) is 5.73 Å². The highest BCUT2D eigenvalue weighted by Gasteiger charge is 2.10. The number of aryl methyl sites for hydroxylation is 3. The summed E-state index contributed by atoms with van der Waals surface area (Å²) in [7, 11) is 0. The first-order chi connectivity index (χ1) is 10.2. The number of guanidine groups is 1.